The smallest absolute Gasteiger partial charge is 0.257 e. The summed E-state index contributed by atoms with van der Waals surface area (Å²) in [5.74, 6) is -2.75. The molecule has 6 heteroatoms. The minimum Gasteiger partial charge on any atom is -0.391 e. The molecule has 0 fully saturated rings. The molecule has 1 aromatic rings. The number of aliphatic hydroxyl groups excluding tert-OH is 1. The van der Waals surface area contributed by atoms with Crippen LogP contribution in [0.3, 0.4) is 0 Å². The molecule has 2 N–H and O–H groups in total. The Bertz CT molecular complexity index is 417. The number of benzene rings is 1. The van der Waals surface area contributed by atoms with Crippen LogP contribution in [0.2, 0.25) is 0 Å². The summed E-state index contributed by atoms with van der Waals surface area (Å²) in [4.78, 5) is 11.6. The minimum atomic E-state index is -0.940. The van der Waals surface area contributed by atoms with Gasteiger partial charge in [0, 0.05) is 11.0 Å². The summed E-state index contributed by atoms with van der Waals surface area (Å²) in [6, 6.07) is 2.03. The Morgan fingerprint density at radius 1 is 1.44 bits per heavy atom. The fraction of sp³-hybridized carbons (Fsp3) is 0.417. The van der Waals surface area contributed by atoms with Gasteiger partial charge in [0.15, 0.2) is 0 Å². The molecule has 1 rings (SSSR count). The molecule has 0 aliphatic heterocycles. The van der Waals surface area contributed by atoms with Crippen LogP contribution in [0.15, 0.2) is 16.6 Å². The molecule has 0 saturated heterocycles. The topological polar surface area (TPSA) is 49.3 Å². The third kappa shape index (κ3) is 4.03. The molecule has 100 valence electrons. The lowest BCUT2D eigenvalue weighted by Crippen LogP contribution is -2.33. The van der Waals surface area contributed by atoms with E-state index in [2.05, 4.69) is 21.2 Å². The van der Waals surface area contributed by atoms with Crippen molar-refractivity contribution in [2.24, 2.45) is 0 Å². The van der Waals surface area contributed by atoms with Gasteiger partial charge >= 0.3 is 0 Å². The van der Waals surface area contributed by atoms with E-state index < -0.39 is 29.2 Å². The van der Waals surface area contributed by atoms with Crippen molar-refractivity contribution < 1.29 is 18.7 Å². The number of carbonyl (C=O) groups is 1. The lowest BCUT2D eigenvalue weighted by molar-refractivity contribution is 0.0901. The van der Waals surface area contributed by atoms with Crippen LogP contribution in [0.4, 0.5) is 8.78 Å². The second-order valence-electron chi connectivity index (χ2n) is 3.90. The van der Waals surface area contributed by atoms with Crippen molar-refractivity contribution >= 4 is 21.8 Å². The van der Waals surface area contributed by atoms with E-state index >= 15 is 0 Å². The Balaban J connectivity index is 2.73. The predicted octanol–water partition coefficient (Wildman–Crippen LogP) is 2.62. The van der Waals surface area contributed by atoms with E-state index in [1.165, 1.54) is 0 Å². The monoisotopic (exact) mass is 321 g/mol. The number of halogens is 3. The summed E-state index contributed by atoms with van der Waals surface area (Å²) in [7, 11) is 0. The standard InChI is InChI=1S/C12H14BrF2NO2/c1-2-3-8(17)6-16-12(18)11-9(14)4-7(13)5-10(11)15/h4-5,8,17H,2-3,6H2,1H3,(H,16,18). The van der Waals surface area contributed by atoms with Crippen LogP contribution in [0.1, 0.15) is 30.1 Å². The lowest BCUT2D eigenvalue weighted by Gasteiger charge is -2.11. The molecule has 18 heavy (non-hydrogen) atoms. The van der Waals surface area contributed by atoms with Gasteiger partial charge in [-0.1, -0.05) is 29.3 Å². The van der Waals surface area contributed by atoms with Crippen LogP contribution in [-0.2, 0) is 0 Å². The van der Waals surface area contributed by atoms with Gasteiger partial charge < -0.3 is 10.4 Å². The Morgan fingerprint density at radius 2 is 2.00 bits per heavy atom. The zero-order valence-corrected chi connectivity index (χ0v) is 11.4. The Morgan fingerprint density at radius 3 is 2.50 bits per heavy atom. The Hall–Kier alpha value is -1.01. The van der Waals surface area contributed by atoms with Gasteiger partial charge in [0.25, 0.3) is 5.91 Å². The van der Waals surface area contributed by atoms with Crippen molar-refractivity contribution in [1.29, 1.82) is 0 Å². The molecule has 1 atom stereocenters. The molecule has 0 spiro atoms. The third-order valence-corrected chi connectivity index (χ3v) is 2.81. The van der Waals surface area contributed by atoms with Crippen molar-refractivity contribution in [2.75, 3.05) is 6.54 Å². The molecule has 1 unspecified atom stereocenters. The number of hydrogen-bond acceptors (Lipinski definition) is 2. The van der Waals surface area contributed by atoms with Gasteiger partial charge in [-0.2, -0.15) is 0 Å². The van der Waals surface area contributed by atoms with Crippen LogP contribution in [0, 0.1) is 11.6 Å². The molecule has 0 heterocycles. The summed E-state index contributed by atoms with van der Waals surface area (Å²) >= 11 is 2.93. The molecule has 0 aromatic heterocycles. The van der Waals surface area contributed by atoms with Crippen molar-refractivity contribution in [1.82, 2.24) is 5.32 Å². The number of nitrogens with one attached hydrogen (secondary N) is 1. The normalized spacial score (nSPS) is 12.3. The largest absolute Gasteiger partial charge is 0.391 e. The first kappa shape index (κ1) is 15.0. The molecular weight excluding hydrogens is 308 g/mol. The molecule has 0 radical (unpaired) electrons. The van der Waals surface area contributed by atoms with Gasteiger partial charge in [-0.15, -0.1) is 0 Å². The molecule has 1 aromatic carbocycles. The first-order valence-corrected chi connectivity index (χ1v) is 6.35. The quantitative estimate of drug-likeness (QED) is 0.875. The van der Waals surface area contributed by atoms with Crippen LogP contribution in [-0.4, -0.2) is 23.7 Å². The minimum absolute atomic E-state index is 0.0262. The first-order chi connectivity index (χ1) is 8.45. The maximum atomic E-state index is 13.4. The maximum Gasteiger partial charge on any atom is 0.257 e. The molecule has 3 nitrogen and oxygen atoms in total. The van der Waals surface area contributed by atoms with Crippen molar-refractivity contribution in [3.63, 3.8) is 0 Å². The van der Waals surface area contributed by atoms with Gasteiger partial charge in [-0.05, 0) is 18.6 Å². The lowest BCUT2D eigenvalue weighted by atomic mass is 10.1. The average molecular weight is 322 g/mol. The first-order valence-electron chi connectivity index (χ1n) is 5.56. The van der Waals surface area contributed by atoms with Crippen molar-refractivity contribution in [3.8, 4) is 0 Å². The Kier molecular flexibility index (Phi) is 5.68. The number of aliphatic hydroxyl groups is 1. The highest BCUT2D eigenvalue weighted by atomic mass is 79.9. The second kappa shape index (κ2) is 6.80. The van der Waals surface area contributed by atoms with Crippen LogP contribution >= 0.6 is 15.9 Å². The second-order valence-corrected chi connectivity index (χ2v) is 4.81. The maximum absolute atomic E-state index is 13.4. The number of rotatable bonds is 5. The number of hydrogen-bond donors (Lipinski definition) is 2. The van der Waals surface area contributed by atoms with E-state index in [1.54, 1.807) is 0 Å². The van der Waals surface area contributed by atoms with Gasteiger partial charge in [0.2, 0.25) is 0 Å². The molecule has 0 aliphatic rings. The van der Waals surface area contributed by atoms with E-state index in [9.17, 15) is 18.7 Å². The third-order valence-electron chi connectivity index (χ3n) is 2.35. The van der Waals surface area contributed by atoms with Gasteiger partial charge in [-0.25, -0.2) is 8.78 Å². The van der Waals surface area contributed by atoms with Crippen LogP contribution < -0.4 is 5.32 Å². The van der Waals surface area contributed by atoms with E-state index in [4.69, 9.17) is 0 Å². The van der Waals surface area contributed by atoms with Gasteiger partial charge in [-0.3, -0.25) is 4.79 Å². The molecule has 0 saturated carbocycles. The fourth-order valence-electron chi connectivity index (χ4n) is 1.49. The van der Waals surface area contributed by atoms with Crippen LogP contribution in [0.5, 0.6) is 0 Å². The highest BCUT2D eigenvalue weighted by molar-refractivity contribution is 9.10. The van der Waals surface area contributed by atoms with E-state index in [0.29, 0.717) is 6.42 Å². The summed E-state index contributed by atoms with van der Waals surface area (Å²) in [6.45, 7) is 1.86. The number of carbonyl (C=O) groups excluding carboxylic acids is 1. The average Bonchev–Trinajstić information content (AvgIpc) is 2.25. The molecule has 0 bridgehead atoms. The van der Waals surface area contributed by atoms with Gasteiger partial charge in [0.05, 0.1) is 6.10 Å². The van der Waals surface area contributed by atoms with E-state index in [-0.39, 0.29) is 11.0 Å². The van der Waals surface area contributed by atoms with E-state index in [0.717, 1.165) is 18.6 Å². The Labute approximate surface area is 112 Å². The highest BCUT2D eigenvalue weighted by Crippen LogP contribution is 2.19. The SMILES string of the molecule is CCCC(O)CNC(=O)c1c(F)cc(Br)cc1F. The highest BCUT2D eigenvalue weighted by Gasteiger charge is 2.18. The van der Waals surface area contributed by atoms with Gasteiger partial charge in [0.1, 0.15) is 17.2 Å². The fourth-order valence-corrected chi connectivity index (χ4v) is 1.90. The van der Waals surface area contributed by atoms with Crippen molar-refractivity contribution in [3.05, 3.63) is 33.8 Å². The molecular formula is C12H14BrF2NO2. The van der Waals surface area contributed by atoms with E-state index in [1.807, 2.05) is 6.92 Å². The zero-order valence-electron chi connectivity index (χ0n) is 9.84. The summed E-state index contributed by atoms with van der Waals surface area (Å²) < 4.78 is 27.1. The molecule has 1 amide bonds. The number of amides is 1. The summed E-state index contributed by atoms with van der Waals surface area (Å²) in [6.07, 6.45) is 0.574. The molecule has 0 aliphatic carbocycles. The van der Waals surface area contributed by atoms with Crippen molar-refractivity contribution in [2.45, 2.75) is 25.9 Å². The predicted molar refractivity (Wildman–Crippen MR) is 67.3 cm³/mol. The zero-order chi connectivity index (χ0) is 13.7. The summed E-state index contributed by atoms with van der Waals surface area (Å²) in [5.41, 5.74) is -0.637. The summed E-state index contributed by atoms with van der Waals surface area (Å²) in [5, 5.41) is 11.7. The van der Waals surface area contributed by atoms with Crippen LogP contribution in [0.25, 0.3) is 0 Å².